The number of fused-ring (bicyclic) bond motifs is 2. The molecule has 0 radical (unpaired) electrons. The van der Waals surface area contributed by atoms with E-state index in [1.165, 1.54) is 22.1 Å². The molecule has 1 aromatic carbocycles. The number of nitrogens with zero attached hydrogens (tertiary/aromatic N) is 1. The fourth-order valence-corrected chi connectivity index (χ4v) is 5.09. The first-order valence-corrected chi connectivity index (χ1v) is 10.3. The second-order valence-corrected chi connectivity index (χ2v) is 8.52. The highest BCUT2D eigenvalue weighted by atomic mass is 79.9. The molecule has 2 aliphatic rings. The molecule has 1 aliphatic carbocycles. The number of aromatic amines is 1. The Hall–Kier alpha value is -1.59. The third-order valence-electron chi connectivity index (χ3n) is 5.79. The molecule has 0 saturated carbocycles. The monoisotopic (exact) mass is 415 g/mol. The SMILES string of the molecule is CCC[C@@H](C)NC(=O)C1C=C2c3cccc4[nH]c(Br)c(c34)C[C@H]2N(C)C1. The topological polar surface area (TPSA) is 48.1 Å². The summed E-state index contributed by atoms with van der Waals surface area (Å²) >= 11 is 3.69. The van der Waals surface area contributed by atoms with E-state index in [0.29, 0.717) is 6.04 Å². The first kappa shape index (κ1) is 17.8. The van der Waals surface area contributed by atoms with Crippen LogP contribution in [0.15, 0.2) is 28.9 Å². The van der Waals surface area contributed by atoms with Crippen LogP contribution in [0.5, 0.6) is 0 Å². The average molecular weight is 416 g/mol. The van der Waals surface area contributed by atoms with E-state index in [2.05, 4.69) is 76.3 Å². The van der Waals surface area contributed by atoms with Crippen molar-refractivity contribution in [3.05, 3.63) is 40.0 Å². The lowest BCUT2D eigenvalue weighted by Crippen LogP contribution is -2.47. The van der Waals surface area contributed by atoms with Crippen molar-refractivity contribution in [1.82, 2.24) is 15.2 Å². The Labute approximate surface area is 163 Å². The highest BCUT2D eigenvalue weighted by molar-refractivity contribution is 9.10. The molecule has 0 spiro atoms. The third-order valence-corrected chi connectivity index (χ3v) is 6.46. The van der Waals surface area contributed by atoms with Crippen LogP contribution in [0.25, 0.3) is 16.5 Å². The Morgan fingerprint density at radius 2 is 2.27 bits per heavy atom. The van der Waals surface area contributed by atoms with Crippen molar-refractivity contribution in [3.8, 4) is 0 Å². The maximum Gasteiger partial charge on any atom is 0.228 e. The van der Waals surface area contributed by atoms with Gasteiger partial charge in [-0.25, -0.2) is 0 Å². The first-order chi connectivity index (χ1) is 12.5. The van der Waals surface area contributed by atoms with Gasteiger partial charge in [-0.2, -0.15) is 0 Å². The normalized spacial score (nSPS) is 23.5. The van der Waals surface area contributed by atoms with Crippen molar-refractivity contribution < 1.29 is 4.79 Å². The number of H-pyrrole nitrogens is 1. The summed E-state index contributed by atoms with van der Waals surface area (Å²) in [6.45, 7) is 5.01. The number of nitrogens with one attached hydrogen (secondary N) is 2. The van der Waals surface area contributed by atoms with E-state index in [0.717, 1.165) is 35.9 Å². The van der Waals surface area contributed by atoms with E-state index in [1.807, 2.05) is 0 Å². The van der Waals surface area contributed by atoms with Crippen LogP contribution in [0.1, 0.15) is 37.8 Å². The Kier molecular flexibility index (Phi) is 4.70. The number of aromatic nitrogens is 1. The molecule has 2 heterocycles. The van der Waals surface area contributed by atoms with E-state index < -0.39 is 0 Å². The lowest BCUT2D eigenvalue weighted by atomic mass is 9.79. The minimum absolute atomic E-state index is 0.0928. The lowest BCUT2D eigenvalue weighted by molar-refractivity contribution is -0.124. The Morgan fingerprint density at radius 3 is 3.04 bits per heavy atom. The van der Waals surface area contributed by atoms with Gasteiger partial charge in [0.15, 0.2) is 0 Å². The molecule has 0 fully saturated rings. The van der Waals surface area contributed by atoms with Gasteiger partial charge >= 0.3 is 0 Å². The fourth-order valence-electron chi connectivity index (χ4n) is 4.51. The van der Waals surface area contributed by atoms with Crippen LogP contribution < -0.4 is 5.32 Å². The summed E-state index contributed by atoms with van der Waals surface area (Å²) in [5.74, 6) is 0.0571. The number of benzene rings is 1. The average Bonchev–Trinajstić information content (AvgIpc) is 2.93. The molecule has 4 rings (SSSR count). The molecule has 5 heteroatoms. The van der Waals surface area contributed by atoms with Crippen molar-refractivity contribution in [2.45, 2.75) is 45.2 Å². The van der Waals surface area contributed by atoms with Gasteiger partial charge in [0.25, 0.3) is 0 Å². The molecule has 138 valence electrons. The molecular formula is C21H26BrN3O. The highest BCUT2D eigenvalue weighted by Crippen LogP contribution is 2.43. The van der Waals surface area contributed by atoms with Crippen molar-refractivity contribution in [2.75, 3.05) is 13.6 Å². The number of carbonyl (C=O) groups excluding carboxylic acids is 1. The predicted octanol–water partition coefficient (Wildman–Crippen LogP) is 4.10. The molecule has 4 nitrogen and oxygen atoms in total. The van der Waals surface area contributed by atoms with E-state index in [4.69, 9.17) is 0 Å². The van der Waals surface area contributed by atoms with Crippen LogP contribution >= 0.6 is 15.9 Å². The third kappa shape index (κ3) is 2.91. The summed E-state index contributed by atoms with van der Waals surface area (Å²) in [5.41, 5.74) is 5.08. The Balaban J connectivity index is 1.72. The summed E-state index contributed by atoms with van der Waals surface area (Å²) in [7, 11) is 2.14. The van der Waals surface area contributed by atoms with Crippen molar-refractivity contribution in [1.29, 1.82) is 0 Å². The quantitative estimate of drug-likeness (QED) is 0.789. The van der Waals surface area contributed by atoms with Crippen molar-refractivity contribution in [3.63, 3.8) is 0 Å². The van der Waals surface area contributed by atoms with E-state index in [9.17, 15) is 4.79 Å². The molecule has 1 aliphatic heterocycles. The van der Waals surface area contributed by atoms with Gasteiger partial charge in [0.2, 0.25) is 5.91 Å². The van der Waals surface area contributed by atoms with Gasteiger partial charge in [0, 0.05) is 29.5 Å². The minimum Gasteiger partial charge on any atom is -0.353 e. The van der Waals surface area contributed by atoms with Crippen molar-refractivity contribution >= 4 is 38.3 Å². The Bertz CT molecular complexity index is 885. The second-order valence-electron chi connectivity index (χ2n) is 7.73. The second kappa shape index (κ2) is 6.86. The largest absolute Gasteiger partial charge is 0.353 e. The summed E-state index contributed by atoms with van der Waals surface area (Å²) in [4.78, 5) is 18.6. The summed E-state index contributed by atoms with van der Waals surface area (Å²) < 4.78 is 1.08. The number of hydrogen-bond donors (Lipinski definition) is 2. The molecule has 1 amide bonds. The molecule has 2 aromatic rings. The van der Waals surface area contributed by atoms with Crippen molar-refractivity contribution in [2.24, 2.45) is 5.92 Å². The summed E-state index contributed by atoms with van der Waals surface area (Å²) in [6.07, 6.45) is 5.30. The summed E-state index contributed by atoms with van der Waals surface area (Å²) in [5, 5.41) is 4.49. The molecule has 1 aromatic heterocycles. The van der Waals surface area contributed by atoms with Gasteiger partial charge < -0.3 is 10.3 Å². The van der Waals surface area contributed by atoms with Crippen LogP contribution in [0, 0.1) is 5.92 Å². The number of likely N-dealkylation sites (N-methyl/N-ethyl adjacent to an activating group) is 1. The standard InChI is InChI=1S/C21H26BrN3O/c1-4-6-12(2)23-21(26)13-9-15-14-7-5-8-17-19(14)16(20(22)24-17)10-18(15)25(3)11-13/h5,7-9,12-13,18,24H,4,6,10-11H2,1-3H3,(H,23,26)/t12-,13?,18-/m1/s1. The van der Waals surface area contributed by atoms with Gasteiger partial charge in [0.1, 0.15) is 0 Å². The Morgan fingerprint density at radius 1 is 1.46 bits per heavy atom. The van der Waals surface area contributed by atoms with Crippen LogP contribution in [0.4, 0.5) is 0 Å². The van der Waals surface area contributed by atoms with Crippen LogP contribution in [0.2, 0.25) is 0 Å². The number of halogens is 1. The van der Waals surface area contributed by atoms with Crippen LogP contribution in [-0.4, -0.2) is 41.5 Å². The molecule has 2 N–H and O–H groups in total. The number of carbonyl (C=O) groups is 1. The summed E-state index contributed by atoms with van der Waals surface area (Å²) in [6, 6.07) is 6.98. The minimum atomic E-state index is -0.0928. The smallest absolute Gasteiger partial charge is 0.228 e. The van der Waals surface area contributed by atoms with Gasteiger partial charge in [-0.3, -0.25) is 9.69 Å². The van der Waals surface area contributed by atoms with Gasteiger partial charge in [0.05, 0.1) is 10.5 Å². The molecule has 0 saturated heterocycles. The van der Waals surface area contributed by atoms with Gasteiger partial charge in [-0.15, -0.1) is 0 Å². The maximum atomic E-state index is 12.8. The number of rotatable bonds is 4. The highest BCUT2D eigenvalue weighted by Gasteiger charge is 2.36. The zero-order chi connectivity index (χ0) is 18.4. The number of hydrogen-bond acceptors (Lipinski definition) is 2. The molecule has 0 bridgehead atoms. The van der Waals surface area contributed by atoms with Crippen LogP contribution in [0.3, 0.4) is 0 Å². The predicted molar refractivity (Wildman–Crippen MR) is 110 cm³/mol. The lowest BCUT2D eigenvalue weighted by Gasteiger charge is -2.39. The van der Waals surface area contributed by atoms with Crippen LogP contribution in [-0.2, 0) is 11.2 Å². The number of amides is 1. The molecule has 26 heavy (non-hydrogen) atoms. The molecular weight excluding hydrogens is 390 g/mol. The first-order valence-electron chi connectivity index (χ1n) is 9.51. The van der Waals surface area contributed by atoms with E-state index in [1.54, 1.807) is 0 Å². The van der Waals surface area contributed by atoms with E-state index in [-0.39, 0.29) is 17.9 Å². The molecule has 3 atom stereocenters. The maximum absolute atomic E-state index is 12.8. The zero-order valence-electron chi connectivity index (χ0n) is 15.6. The van der Waals surface area contributed by atoms with Gasteiger partial charge in [-0.1, -0.05) is 31.6 Å². The van der Waals surface area contributed by atoms with E-state index >= 15 is 0 Å². The van der Waals surface area contributed by atoms with Gasteiger partial charge in [-0.05, 0) is 65.5 Å². The zero-order valence-corrected chi connectivity index (χ0v) is 17.2. The fraction of sp³-hybridized carbons (Fsp3) is 0.476. The molecule has 1 unspecified atom stereocenters.